The number of fused-ring (bicyclic) bond motifs is 1. The quantitative estimate of drug-likeness (QED) is 0.121. The Morgan fingerprint density at radius 2 is 1.72 bits per heavy atom. The number of benzene rings is 2. The summed E-state index contributed by atoms with van der Waals surface area (Å²) in [6.45, 7) is 12.9. The van der Waals surface area contributed by atoms with Crippen LogP contribution in [0.15, 0.2) is 77.8 Å². The molecule has 0 amide bonds. The first-order valence-electron chi connectivity index (χ1n) is 16.1. The third-order valence-electron chi connectivity index (χ3n) is 8.76. The van der Waals surface area contributed by atoms with E-state index in [-0.39, 0.29) is 10.7 Å². The Hall–Kier alpha value is -4.37. The fraction of sp³-hybridized carbons (Fsp3) is 0.368. The highest BCUT2D eigenvalue weighted by Crippen LogP contribution is 2.50. The monoisotopic (exact) mass is 652 g/mol. The maximum Gasteiger partial charge on any atom is 0.310 e. The second-order valence-electron chi connectivity index (χ2n) is 13.0. The number of carboxylic acid groups (broad SMARTS) is 1. The molecule has 0 aliphatic heterocycles. The number of aromatic amines is 1. The fourth-order valence-corrected chi connectivity index (χ4v) is 7.25. The van der Waals surface area contributed by atoms with E-state index in [0.29, 0.717) is 31.7 Å². The molecule has 246 valence electrons. The third-order valence-corrected chi connectivity index (χ3v) is 10.0. The zero-order valence-electron chi connectivity index (χ0n) is 28.3. The van der Waals surface area contributed by atoms with Gasteiger partial charge in [-0.25, -0.2) is 0 Å². The number of rotatable bonds is 13. The highest BCUT2D eigenvalue weighted by molar-refractivity contribution is 8.00. The van der Waals surface area contributed by atoms with Gasteiger partial charge in [0.1, 0.15) is 12.4 Å². The van der Waals surface area contributed by atoms with E-state index in [1.807, 2.05) is 69.4 Å². The van der Waals surface area contributed by atoms with Gasteiger partial charge < -0.3 is 19.6 Å². The van der Waals surface area contributed by atoms with Crippen LogP contribution < -0.4 is 9.47 Å². The standard InChI is InChI=1S/C38H44N4O4S/c1-8-38(9-2,36(43)44)30(20-25-11-13-26(14-12-25)31-18-19-33(45-7)42-41-31)34-35(47-37(4,5)6)29-21-28(16-17-32(29)40-34)46-23-27-15-10-24(3)22-39-27/h10-19,21-22,30,40H,8-9,20,23H2,1-7H3,(H,43,44). The molecule has 5 aromatic rings. The lowest BCUT2D eigenvalue weighted by molar-refractivity contribution is -0.151. The molecule has 0 spiro atoms. The number of ether oxygens (including phenoxy) is 2. The summed E-state index contributed by atoms with van der Waals surface area (Å²) < 4.78 is 11.2. The summed E-state index contributed by atoms with van der Waals surface area (Å²) in [6.07, 6.45) is 3.39. The van der Waals surface area contributed by atoms with E-state index in [4.69, 9.17) is 9.47 Å². The molecule has 0 fully saturated rings. The number of aliphatic carboxylic acids is 1. The van der Waals surface area contributed by atoms with Crippen molar-refractivity contribution in [3.05, 3.63) is 95.4 Å². The maximum atomic E-state index is 13.2. The minimum Gasteiger partial charge on any atom is -0.487 e. The van der Waals surface area contributed by atoms with E-state index < -0.39 is 11.4 Å². The zero-order chi connectivity index (χ0) is 33.8. The van der Waals surface area contributed by atoms with Crippen molar-refractivity contribution in [2.24, 2.45) is 5.41 Å². The molecule has 47 heavy (non-hydrogen) atoms. The molecule has 3 aromatic heterocycles. The molecule has 3 heterocycles. The van der Waals surface area contributed by atoms with Gasteiger partial charge in [0, 0.05) is 50.0 Å². The van der Waals surface area contributed by atoms with E-state index in [9.17, 15) is 9.90 Å². The molecular formula is C38H44N4O4S. The van der Waals surface area contributed by atoms with Crippen LogP contribution in [-0.2, 0) is 17.8 Å². The Kier molecular flexibility index (Phi) is 10.2. The molecule has 2 aromatic carbocycles. The molecule has 8 nitrogen and oxygen atoms in total. The predicted octanol–water partition coefficient (Wildman–Crippen LogP) is 9.02. The third kappa shape index (κ3) is 7.62. The number of hydrogen-bond acceptors (Lipinski definition) is 7. The van der Waals surface area contributed by atoms with Gasteiger partial charge in [-0.15, -0.1) is 22.0 Å². The Bertz CT molecular complexity index is 1810. The summed E-state index contributed by atoms with van der Waals surface area (Å²) in [5.74, 6) is 0.102. The second-order valence-corrected chi connectivity index (χ2v) is 14.8. The number of nitrogens with one attached hydrogen (secondary N) is 1. The van der Waals surface area contributed by atoms with Crippen LogP contribution in [0.1, 0.15) is 75.9 Å². The van der Waals surface area contributed by atoms with E-state index >= 15 is 0 Å². The number of carboxylic acids is 1. The van der Waals surface area contributed by atoms with Gasteiger partial charge in [-0.2, -0.15) is 0 Å². The number of aryl methyl sites for hydroxylation is 1. The lowest BCUT2D eigenvalue weighted by Gasteiger charge is -2.36. The molecule has 0 saturated carbocycles. The Morgan fingerprint density at radius 3 is 2.30 bits per heavy atom. The van der Waals surface area contributed by atoms with Crippen LogP contribution in [0.3, 0.4) is 0 Å². The number of aromatic nitrogens is 4. The molecule has 0 radical (unpaired) electrons. The number of methoxy groups -OCH3 is 1. The predicted molar refractivity (Wildman–Crippen MR) is 188 cm³/mol. The molecule has 2 N–H and O–H groups in total. The number of carbonyl (C=O) groups is 1. The number of pyridine rings is 1. The van der Waals surface area contributed by atoms with Crippen LogP contribution in [0.5, 0.6) is 11.6 Å². The van der Waals surface area contributed by atoms with Crippen LogP contribution in [0.25, 0.3) is 22.2 Å². The molecule has 0 aliphatic carbocycles. The maximum absolute atomic E-state index is 13.2. The van der Waals surface area contributed by atoms with Gasteiger partial charge in [0.05, 0.1) is 23.9 Å². The van der Waals surface area contributed by atoms with E-state index in [1.165, 1.54) is 0 Å². The van der Waals surface area contributed by atoms with Crippen LogP contribution in [0, 0.1) is 12.3 Å². The lowest BCUT2D eigenvalue weighted by Crippen LogP contribution is -2.38. The van der Waals surface area contributed by atoms with E-state index in [0.717, 1.165) is 55.3 Å². The molecule has 1 atom stereocenters. The SMILES string of the molecule is CCC(CC)(C(=O)O)C(Cc1ccc(-c2ccc(OC)nn2)cc1)c1[nH]c2ccc(OCc3ccc(C)cn3)cc2c1SC(C)(C)C. The van der Waals surface area contributed by atoms with Gasteiger partial charge in [0.25, 0.3) is 0 Å². The van der Waals surface area contributed by atoms with Crippen molar-refractivity contribution in [3.63, 3.8) is 0 Å². The Balaban J connectivity index is 1.56. The van der Waals surface area contributed by atoms with Gasteiger partial charge in [-0.1, -0.05) is 65.0 Å². The van der Waals surface area contributed by atoms with Gasteiger partial charge >= 0.3 is 5.97 Å². The van der Waals surface area contributed by atoms with Crippen molar-refractivity contribution in [1.82, 2.24) is 20.2 Å². The molecule has 0 saturated heterocycles. The summed E-state index contributed by atoms with van der Waals surface area (Å²) in [4.78, 5) is 22.5. The van der Waals surface area contributed by atoms with Crippen molar-refractivity contribution in [1.29, 1.82) is 0 Å². The van der Waals surface area contributed by atoms with E-state index in [2.05, 4.69) is 59.1 Å². The lowest BCUT2D eigenvalue weighted by atomic mass is 9.67. The van der Waals surface area contributed by atoms with Crippen LogP contribution >= 0.6 is 11.8 Å². The van der Waals surface area contributed by atoms with Crippen molar-refractivity contribution in [2.75, 3.05) is 7.11 Å². The second kappa shape index (κ2) is 14.2. The smallest absolute Gasteiger partial charge is 0.310 e. The Morgan fingerprint density at radius 1 is 0.979 bits per heavy atom. The minimum atomic E-state index is -0.982. The molecule has 9 heteroatoms. The molecular weight excluding hydrogens is 609 g/mol. The van der Waals surface area contributed by atoms with E-state index in [1.54, 1.807) is 24.9 Å². The van der Waals surface area contributed by atoms with Crippen molar-refractivity contribution in [2.45, 2.75) is 83.0 Å². The molecule has 0 bridgehead atoms. The van der Waals surface area contributed by atoms with Crippen LogP contribution in [0.4, 0.5) is 0 Å². The summed E-state index contributed by atoms with van der Waals surface area (Å²) in [6, 6.07) is 21.9. The average molecular weight is 653 g/mol. The summed E-state index contributed by atoms with van der Waals surface area (Å²) in [7, 11) is 1.56. The van der Waals surface area contributed by atoms with Crippen molar-refractivity contribution >= 4 is 28.6 Å². The highest BCUT2D eigenvalue weighted by Gasteiger charge is 2.45. The van der Waals surface area contributed by atoms with Crippen molar-refractivity contribution < 1.29 is 19.4 Å². The zero-order valence-corrected chi connectivity index (χ0v) is 29.1. The number of thioether (sulfide) groups is 1. The van der Waals surface area contributed by atoms with Crippen LogP contribution in [0.2, 0.25) is 0 Å². The Labute approximate surface area is 281 Å². The fourth-order valence-electron chi connectivity index (χ4n) is 6.06. The normalized spacial score (nSPS) is 12.7. The summed E-state index contributed by atoms with van der Waals surface area (Å²) in [5.41, 5.74) is 5.61. The highest BCUT2D eigenvalue weighted by atomic mass is 32.2. The number of H-pyrrole nitrogens is 1. The largest absolute Gasteiger partial charge is 0.487 e. The van der Waals surface area contributed by atoms with Crippen LogP contribution in [-0.4, -0.2) is 43.1 Å². The number of nitrogens with zero attached hydrogens (tertiary/aromatic N) is 3. The van der Waals surface area contributed by atoms with Gasteiger partial charge in [0.15, 0.2) is 0 Å². The number of hydrogen-bond donors (Lipinski definition) is 2. The topological polar surface area (TPSA) is 110 Å². The van der Waals surface area contributed by atoms with Gasteiger partial charge in [-0.05, 0) is 67.6 Å². The first-order chi connectivity index (χ1) is 22.5. The first-order valence-corrected chi connectivity index (χ1v) is 16.9. The molecule has 1 unspecified atom stereocenters. The first kappa shape index (κ1) is 34.0. The minimum absolute atomic E-state index is 0.123. The van der Waals surface area contributed by atoms with Crippen molar-refractivity contribution in [3.8, 4) is 22.9 Å². The molecule has 0 aliphatic rings. The van der Waals surface area contributed by atoms with Gasteiger partial charge in [0.2, 0.25) is 5.88 Å². The average Bonchev–Trinajstić information content (AvgIpc) is 3.40. The van der Waals surface area contributed by atoms with Gasteiger partial charge in [-0.3, -0.25) is 9.78 Å². The summed E-state index contributed by atoms with van der Waals surface area (Å²) >= 11 is 1.76. The molecule has 5 rings (SSSR count). The summed E-state index contributed by atoms with van der Waals surface area (Å²) in [5, 5.41) is 20.2.